The molecule has 2 rings (SSSR count). The van der Waals surface area contributed by atoms with Crippen molar-refractivity contribution in [3.05, 3.63) is 54.2 Å². The Labute approximate surface area is 86.7 Å². The van der Waals surface area contributed by atoms with E-state index in [4.69, 9.17) is 5.11 Å². The topological polar surface area (TPSA) is 33.1 Å². The lowest BCUT2D eigenvalue weighted by molar-refractivity contribution is 0.435. The van der Waals surface area contributed by atoms with Gasteiger partial charge in [-0.2, -0.15) is 0 Å². The molecule has 0 aliphatic carbocycles. The molecule has 0 spiro atoms. The summed E-state index contributed by atoms with van der Waals surface area (Å²) in [5, 5.41) is 9.42. The standard InChI is InChI=1S/C12H10FNO/c13-11(8-15)6-9-5-10-3-1-2-4-12(10)14-7-9/h1-5,7-8,15H,6H2/b11-8-. The highest BCUT2D eigenvalue weighted by atomic mass is 19.1. The van der Waals surface area contributed by atoms with Gasteiger partial charge in [-0.15, -0.1) is 0 Å². The molecule has 2 nitrogen and oxygen atoms in total. The normalized spacial score (nSPS) is 11.9. The van der Waals surface area contributed by atoms with Crippen molar-refractivity contribution in [3.63, 3.8) is 0 Å². The van der Waals surface area contributed by atoms with Crippen LogP contribution in [0.4, 0.5) is 4.39 Å². The van der Waals surface area contributed by atoms with Crippen LogP contribution in [-0.2, 0) is 6.42 Å². The highest BCUT2D eigenvalue weighted by Crippen LogP contribution is 2.15. The number of benzene rings is 1. The fraction of sp³-hybridized carbons (Fsp3) is 0.0833. The van der Waals surface area contributed by atoms with Gasteiger partial charge in [-0.25, -0.2) is 4.39 Å². The Morgan fingerprint density at radius 2 is 2.20 bits per heavy atom. The predicted molar refractivity (Wildman–Crippen MR) is 57.3 cm³/mol. The van der Waals surface area contributed by atoms with Crippen LogP contribution in [0.5, 0.6) is 0 Å². The van der Waals surface area contributed by atoms with E-state index in [0.717, 1.165) is 16.5 Å². The summed E-state index contributed by atoms with van der Waals surface area (Å²) in [5.74, 6) is -0.563. The number of aromatic nitrogens is 1. The van der Waals surface area contributed by atoms with Gasteiger partial charge in [0.2, 0.25) is 0 Å². The first-order chi connectivity index (χ1) is 7.29. The van der Waals surface area contributed by atoms with Crippen molar-refractivity contribution in [2.75, 3.05) is 0 Å². The summed E-state index contributed by atoms with van der Waals surface area (Å²) in [6, 6.07) is 9.50. The van der Waals surface area contributed by atoms with Crippen molar-refractivity contribution >= 4 is 10.9 Å². The zero-order valence-corrected chi connectivity index (χ0v) is 8.02. The molecule has 0 radical (unpaired) electrons. The van der Waals surface area contributed by atoms with Crippen molar-refractivity contribution in [1.82, 2.24) is 4.98 Å². The second kappa shape index (κ2) is 4.09. The van der Waals surface area contributed by atoms with Crippen LogP contribution in [-0.4, -0.2) is 10.1 Å². The third-order valence-electron chi connectivity index (χ3n) is 2.16. The van der Waals surface area contributed by atoms with Gasteiger partial charge in [0.1, 0.15) is 12.1 Å². The zero-order valence-electron chi connectivity index (χ0n) is 8.02. The summed E-state index contributed by atoms with van der Waals surface area (Å²) in [7, 11) is 0. The molecule has 2 aromatic rings. The molecule has 0 unspecified atom stereocenters. The monoisotopic (exact) mass is 203 g/mol. The van der Waals surface area contributed by atoms with E-state index in [1.54, 1.807) is 6.20 Å². The number of nitrogens with zero attached hydrogens (tertiary/aromatic N) is 1. The lowest BCUT2D eigenvalue weighted by Gasteiger charge is -2.00. The Bertz CT molecular complexity index is 508. The number of rotatable bonds is 2. The molecule has 1 N–H and O–H groups in total. The second-order valence-electron chi connectivity index (χ2n) is 3.29. The maximum atomic E-state index is 12.8. The molecule has 0 saturated carbocycles. The Morgan fingerprint density at radius 1 is 1.40 bits per heavy atom. The number of aliphatic hydroxyl groups excluding tert-OH is 1. The molecule has 76 valence electrons. The Balaban J connectivity index is 2.39. The summed E-state index contributed by atoms with van der Waals surface area (Å²) in [5.41, 5.74) is 1.63. The molecular weight excluding hydrogens is 193 g/mol. The van der Waals surface area contributed by atoms with Crippen LogP contribution in [0.25, 0.3) is 10.9 Å². The highest BCUT2D eigenvalue weighted by molar-refractivity contribution is 5.78. The third-order valence-corrected chi connectivity index (χ3v) is 2.16. The van der Waals surface area contributed by atoms with Crippen LogP contribution in [0.2, 0.25) is 0 Å². The average molecular weight is 203 g/mol. The number of pyridine rings is 1. The second-order valence-corrected chi connectivity index (χ2v) is 3.29. The number of allylic oxidation sites excluding steroid dienone is 1. The van der Waals surface area contributed by atoms with E-state index in [9.17, 15) is 4.39 Å². The van der Waals surface area contributed by atoms with Crippen molar-refractivity contribution in [2.45, 2.75) is 6.42 Å². The van der Waals surface area contributed by atoms with Gasteiger partial charge in [0.15, 0.2) is 0 Å². The molecule has 15 heavy (non-hydrogen) atoms. The molecule has 0 amide bonds. The molecule has 0 saturated heterocycles. The molecular formula is C12H10FNO. The fourth-order valence-corrected chi connectivity index (χ4v) is 1.45. The third kappa shape index (κ3) is 2.13. The molecule has 0 bridgehead atoms. The SMILES string of the molecule is O/C=C(\F)Cc1cnc2ccccc2c1. The van der Waals surface area contributed by atoms with Gasteiger partial charge < -0.3 is 5.11 Å². The Hall–Kier alpha value is -1.90. The van der Waals surface area contributed by atoms with Crippen molar-refractivity contribution in [1.29, 1.82) is 0 Å². The summed E-state index contributed by atoms with van der Waals surface area (Å²) in [4.78, 5) is 4.19. The fourth-order valence-electron chi connectivity index (χ4n) is 1.45. The minimum Gasteiger partial charge on any atom is -0.513 e. The molecule has 1 heterocycles. The molecule has 1 aromatic heterocycles. The largest absolute Gasteiger partial charge is 0.513 e. The molecule has 0 fully saturated rings. The van der Waals surface area contributed by atoms with E-state index in [1.165, 1.54) is 0 Å². The van der Waals surface area contributed by atoms with Gasteiger partial charge in [0, 0.05) is 18.0 Å². The van der Waals surface area contributed by atoms with Crippen LogP contribution in [0.1, 0.15) is 5.56 Å². The first-order valence-electron chi connectivity index (χ1n) is 4.62. The van der Waals surface area contributed by atoms with Gasteiger partial charge in [-0.1, -0.05) is 18.2 Å². The van der Waals surface area contributed by atoms with Crippen LogP contribution in [0, 0.1) is 0 Å². The Kier molecular flexibility index (Phi) is 2.63. The van der Waals surface area contributed by atoms with Crippen LogP contribution >= 0.6 is 0 Å². The van der Waals surface area contributed by atoms with Gasteiger partial charge in [0.25, 0.3) is 0 Å². The van der Waals surface area contributed by atoms with E-state index in [1.807, 2.05) is 30.3 Å². The van der Waals surface area contributed by atoms with E-state index in [2.05, 4.69) is 4.98 Å². The molecule has 0 aliphatic heterocycles. The predicted octanol–water partition coefficient (Wildman–Crippen LogP) is 3.15. The van der Waals surface area contributed by atoms with Gasteiger partial charge in [-0.05, 0) is 17.7 Å². The van der Waals surface area contributed by atoms with Gasteiger partial charge in [0.05, 0.1) is 5.52 Å². The minimum absolute atomic E-state index is 0.0777. The molecule has 3 heteroatoms. The quantitative estimate of drug-likeness (QED) is 0.760. The lowest BCUT2D eigenvalue weighted by atomic mass is 10.1. The van der Waals surface area contributed by atoms with E-state index < -0.39 is 5.83 Å². The maximum absolute atomic E-state index is 12.8. The maximum Gasteiger partial charge on any atom is 0.138 e. The summed E-state index contributed by atoms with van der Waals surface area (Å²) >= 11 is 0. The number of hydrogen-bond donors (Lipinski definition) is 1. The number of para-hydroxylation sites is 1. The minimum atomic E-state index is -0.563. The van der Waals surface area contributed by atoms with Gasteiger partial charge in [-0.3, -0.25) is 4.98 Å². The van der Waals surface area contributed by atoms with E-state index in [0.29, 0.717) is 6.26 Å². The van der Waals surface area contributed by atoms with Gasteiger partial charge >= 0.3 is 0 Å². The lowest BCUT2D eigenvalue weighted by Crippen LogP contribution is -1.88. The van der Waals surface area contributed by atoms with Crippen molar-refractivity contribution in [3.8, 4) is 0 Å². The first-order valence-corrected chi connectivity index (χ1v) is 4.62. The zero-order chi connectivity index (χ0) is 10.7. The number of fused-ring (bicyclic) bond motifs is 1. The van der Waals surface area contributed by atoms with E-state index >= 15 is 0 Å². The molecule has 0 aliphatic rings. The van der Waals surface area contributed by atoms with Crippen molar-refractivity contribution in [2.24, 2.45) is 0 Å². The Morgan fingerprint density at radius 3 is 3.00 bits per heavy atom. The van der Waals surface area contributed by atoms with Crippen LogP contribution in [0.15, 0.2) is 48.6 Å². The highest BCUT2D eigenvalue weighted by Gasteiger charge is 2.00. The summed E-state index contributed by atoms with van der Waals surface area (Å²) < 4.78 is 12.8. The molecule has 1 aromatic carbocycles. The number of halogens is 1. The average Bonchev–Trinajstić information content (AvgIpc) is 2.29. The smallest absolute Gasteiger partial charge is 0.138 e. The van der Waals surface area contributed by atoms with Crippen LogP contribution < -0.4 is 0 Å². The summed E-state index contributed by atoms with van der Waals surface area (Å²) in [6.07, 6.45) is 2.18. The van der Waals surface area contributed by atoms with Crippen molar-refractivity contribution < 1.29 is 9.50 Å². The number of hydrogen-bond acceptors (Lipinski definition) is 2. The first kappa shape index (κ1) is 9.65. The van der Waals surface area contributed by atoms with Crippen LogP contribution in [0.3, 0.4) is 0 Å². The number of aliphatic hydroxyl groups is 1. The van der Waals surface area contributed by atoms with E-state index in [-0.39, 0.29) is 6.42 Å². The molecule has 0 atom stereocenters. The summed E-state index contributed by atoms with van der Waals surface area (Å²) in [6.45, 7) is 0.